The van der Waals surface area contributed by atoms with Crippen molar-refractivity contribution >= 4 is 45.8 Å². The molecule has 0 aliphatic carbocycles. The average Bonchev–Trinajstić information content (AvgIpc) is 2.68. The first-order valence-electron chi connectivity index (χ1n) is 9.19. The van der Waals surface area contributed by atoms with E-state index in [9.17, 15) is 27.9 Å². The van der Waals surface area contributed by atoms with E-state index in [1.54, 1.807) is 6.07 Å². The minimum absolute atomic E-state index is 0.0685. The molecule has 166 valence electrons. The zero-order chi connectivity index (χ0) is 22.9. The molecule has 1 atom stereocenters. The van der Waals surface area contributed by atoms with Gasteiger partial charge in [0.1, 0.15) is 17.5 Å². The minimum atomic E-state index is -1.35. The first kappa shape index (κ1) is 23.3. The Kier molecular flexibility index (Phi) is 6.76. The number of aliphatic hydroxyl groups is 1. The van der Waals surface area contributed by atoms with Crippen molar-refractivity contribution in [3.63, 3.8) is 0 Å². The molecule has 1 aliphatic rings. The van der Waals surface area contributed by atoms with E-state index in [1.807, 2.05) is 22.6 Å². The molecule has 4 N–H and O–H groups in total. The summed E-state index contributed by atoms with van der Waals surface area (Å²) in [5, 5.41) is 24.4. The second-order valence-electron chi connectivity index (χ2n) is 7.36. The standard InChI is InChI=1S/C20H19F3IN3O4/c1-10(19(29)30)25-7-20(31)8-27(9-20)18(28)12-3-4-13(21)16(23)17(12)26-15-5-2-11(24)6-14(15)22/h2-6,10,25-26,31H,7-9H2,1H3,(H,29,30)/t10-/m1/s1. The first-order chi connectivity index (χ1) is 14.5. The zero-order valence-electron chi connectivity index (χ0n) is 16.3. The SMILES string of the molecule is C[C@@H](NCC1(O)CN(C(=O)c2ccc(F)c(F)c2Nc2ccc(I)cc2F)C1)C(=O)O. The van der Waals surface area contributed by atoms with Crippen molar-refractivity contribution in [2.24, 2.45) is 0 Å². The van der Waals surface area contributed by atoms with Crippen LogP contribution in [-0.4, -0.2) is 58.3 Å². The number of halogens is 4. The van der Waals surface area contributed by atoms with Crippen LogP contribution in [0.5, 0.6) is 0 Å². The van der Waals surface area contributed by atoms with Gasteiger partial charge in [-0.2, -0.15) is 0 Å². The van der Waals surface area contributed by atoms with Crippen LogP contribution in [0, 0.1) is 21.0 Å². The molecule has 0 unspecified atom stereocenters. The minimum Gasteiger partial charge on any atom is -0.480 e. The number of anilines is 2. The predicted molar refractivity (Wildman–Crippen MR) is 115 cm³/mol. The van der Waals surface area contributed by atoms with Gasteiger partial charge in [-0.25, -0.2) is 13.2 Å². The summed E-state index contributed by atoms with van der Waals surface area (Å²) in [6, 6.07) is 5.08. The number of carbonyl (C=O) groups excluding carboxylic acids is 1. The van der Waals surface area contributed by atoms with Gasteiger partial charge in [-0.05, 0) is 59.8 Å². The van der Waals surface area contributed by atoms with E-state index in [4.69, 9.17) is 5.11 Å². The Morgan fingerprint density at radius 2 is 1.87 bits per heavy atom. The van der Waals surface area contributed by atoms with Gasteiger partial charge >= 0.3 is 5.97 Å². The molecule has 1 aliphatic heterocycles. The summed E-state index contributed by atoms with van der Waals surface area (Å²) in [5.74, 6) is -5.03. The molecular weight excluding hydrogens is 530 g/mol. The topological polar surface area (TPSA) is 102 Å². The molecule has 7 nitrogen and oxygen atoms in total. The number of nitrogens with one attached hydrogen (secondary N) is 2. The second kappa shape index (κ2) is 9.01. The van der Waals surface area contributed by atoms with Crippen LogP contribution < -0.4 is 10.6 Å². The number of benzene rings is 2. The summed E-state index contributed by atoms with van der Waals surface area (Å²) >= 11 is 1.90. The highest BCUT2D eigenvalue weighted by Gasteiger charge is 2.44. The Bertz CT molecular complexity index is 1030. The summed E-state index contributed by atoms with van der Waals surface area (Å²) < 4.78 is 43.1. The van der Waals surface area contributed by atoms with E-state index < -0.39 is 46.7 Å². The third-order valence-electron chi connectivity index (χ3n) is 4.88. The molecule has 2 aromatic rings. The number of carboxylic acids is 1. The maximum atomic E-state index is 14.5. The third kappa shape index (κ3) is 5.10. The normalized spacial score (nSPS) is 15.9. The van der Waals surface area contributed by atoms with Gasteiger partial charge in [0.25, 0.3) is 5.91 Å². The molecule has 1 fully saturated rings. The number of carbonyl (C=O) groups is 2. The molecule has 0 aromatic heterocycles. The van der Waals surface area contributed by atoms with Crippen LogP contribution in [0.25, 0.3) is 0 Å². The Morgan fingerprint density at radius 1 is 1.19 bits per heavy atom. The Hall–Kier alpha value is -2.38. The lowest BCUT2D eigenvalue weighted by Gasteiger charge is -2.47. The van der Waals surface area contributed by atoms with E-state index in [1.165, 1.54) is 24.0 Å². The van der Waals surface area contributed by atoms with Crippen molar-refractivity contribution in [2.45, 2.75) is 18.6 Å². The summed E-state index contributed by atoms with van der Waals surface area (Å²) in [6.45, 7) is 1.07. The number of carboxylic acid groups (broad SMARTS) is 1. The summed E-state index contributed by atoms with van der Waals surface area (Å²) in [5.41, 5.74) is -2.23. The molecule has 1 heterocycles. The number of rotatable bonds is 7. The quantitative estimate of drug-likeness (QED) is 0.397. The van der Waals surface area contributed by atoms with E-state index >= 15 is 0 Å². The van der Waals surface area contributed by atoms with Crippen LogP contribution >= 0.6 is 22.6 Å². The number of amides is 1. The molecule has 0 spiro atoms. The van der Waals surface area contributed by atoms with Crippen LogP contribution in [0.1, 0.15) is 17.3 Å². The number of likely N-dealkylation sites (tertiary alicyclic amines) is 1. The molecule has 1 amide bonds. The number of hydrogen-bond acceptors (Lipinski definition) is 5. The van der Waals surface area contributed by atoms with E-state index in [-0.39, 0.29) is 30.9 Å². The highest BCUT2D eigenvalue weighted by molar-refractivity contribution is 14.1. The van der Waals surface area contributed by atoms with Crippen molar-refractivity contribution in [3.8, 4) is 0 Å². The molecule has 3 rings (SSSR count). The van der Waals surface area contributed by atoms with Crippen molar-refractivity contribution in [2.75, 3.05) is 25.0 Å². The highest BCUT2D eigenvalue weighted by atomic mass is 127. The van der Waals surface area contributed by atoms with Crippen molar-refractivity contribution in [1.29, 1.82) is 0 Å². The van der Waals surface area contributed by atoms with E-state index in [2.05, 4.69) is 10.6 Å². The van der Waals surface area contributed by atoms with Gasteiger partial charge in [0.15, 0.2) is 11.6 Å². The van der Waals surface area contributed by atoms with Gasteiger partial charge in [-0.1, -0.05) is 0 Å². The fourth-order valence-electron chi connectivity index (χ4n) is 3.10. The lowest BCUT2D eigenvalue weighted by molar-refractivity contribution is -0.139. The van der Waals surface area contributed by atoms with Gasteiger partial charge < -0.3 is 25.7 Å². The fraction of sp³-hybridized carbons (Fsp3) is 0.300. The maximum Gasteiger partial charge on any atom is 0.320 e. The molecule has 0 bridgehead atoms. The Morgan fingerprint density at radius 3 is 2.48 bits per heavy atom. The summed E-state index contributed by atoms with van der Waals surface area (Å²) in [4.78, 5) is 24.9. The summed E-state index contributed by atoms with van der Waals surface area (Å²) in [7, 11) is 0. The largest absolute Gasteiger partial charge is 0.480 e. The van der Waals surface area contributed by atoms with Crippen LogP contribution in [0.3, 0.4) is 0 Å². The highest BCUT2D eigenvalue weighted by Crippen LogP contribution is 2.31. The lowest BCUT2D eigenvalue weighted by Crippen LogP contribution is -2.68. The Balaban J connectivity index is 1.78. The molecule has 31 heavy (non-hydrogen) atoms. The van der Waals surface area contributed by atoms with Gasteiger partial charge in [0.05, 0.1) is 30.0 Å². The number of β-amino-alcohol motifs (C(OH)–C–C–N with tert-alkyl or cyclic N) is 1. The molecular formula is C20H19F3IN3O4. The molecule has 2 aromatic carbocycles. The van der Waals surface area contributed by atoms with Crippen LogP contribution in [0.4, 0.5) is 24.5 Å². The van der Waals surface area contributed by atoms with Crippen molar-refractivity contribution in [1.82, 2.24) is 10.2 Å². The van der Waals surface area contributed by atoms with E-state index in [0.717, 1.165) is 12.1 Å². The number of nitrogens with zero attached hydrogens (tertiary/aromatic N) is 1. The average molecular weight is 549 g/mol. The Labute approximate surface area is 189 Å². The second-order valence-corrected chi connectivity index (χ2v) is 8.61. The summed E-state index contributed by atoms with van der Waals surface area (Å²) in [6.07, 6.45) is 0. The molecule has 11 heteroatoms. The number of aliphatic carboxylic acids is 1. The van der Waals surface area contributed by atoms with Crippen LogP contribution in [0.2, 0.25) is 0 Å². The molecule has 0 saturated carbocycles. The number of hydrogen-bond donors (Lipinski definition) is 4. The van der Waals surface area contributed by atoms with Gasteiger partial charge in [-0.15, -0.1) is 0 Å². The van der Waals surface area contributed by atoms with Crippen LogP contribution in [0.15, 0.2) is 30.3 Å². The molecule has 0 radical (unpaired) electrons. The van der Waals surface area contributed by atoms with Crippen molar-refractivity contribution in [3.05, 3.63) is 56.9 Å². The zero-order valence-corrected chi connectivity index (χ0v) is 18.4. The smallest absolute Gasteiger partial charge is 0.320 e. The fourth-order valence-corrected chi connectivity index (χ4v) is 3.55. The predicted octanol–water partition coefficient (Wildman–Crippen LogP) is 2.70. The maximum absolute atomic E-state index is 14.5. The van der Waals surface area contributed by atoms with Gasteiger partial charge in [0, 0.05) is 10.1 Å². The van der Waals surface area contributed by atoms with Crippen LogP contribution in [-0.2, 0) is 4.79 Å². The van der Waals surface area contributed by atoms with Gasteiger partial charge in [0.2, 0.25) is 0 Å². The van der Waals surface area contributed by atoms with Gasteiger partial charge in [-0.3, -0.25) is 9.59 Å². The lowest BCUT2D eigenvalue weighted by atomic mass is 9.92. The monoisotopic (exact) mass is 549 g/mol. The van der Waals surface area contributed by atoms with Crippen molar-refractivity contribution < 1.29 is 33.0 Å². The third-order valence-corrected chi connectivity index (χ3v) is 5.55. The first-order valence-corrected chi connectivity index (χ1v) is 10.3. The molecule has 1 saturated heterocycles. The van der Waals surface area contributed by atoms with E-state index in [0.29, 0.717) is 3.57 Å².